The number of aliphatic carboxylic acids is 1. The van der Waals surface area contributed by atoms with Crippen LogP contribution in [0.25, 0.3) is 11.0 Å². The van der Waals surface area contributed by atoms with Gasteiger partial charge in [-0.3, -0.25) is 4.79 Å². The van der Waals surface area contributed by atoms with Crippen LogP contribution in [-0.4, -0.2) is 58.8 Å². The van der Waals surface area contributed by atoms with Crippen molar-refractivity contribution in [2.24, 2.45) is 0 Å². The van der Waals surface area contributed by atoms with Gasteiger partial charge in [0.15, 0.2) is 0 Å². The highest BCUT2D eigenvalue weighted by Gasteiger charge is 2.20. The Morgan fingerprint density at radius 1 is 1.30 bits per heavy atom. The topological polar surface area (TPSA) is 61.6 Å². The smallest absolute Gasteiger partial charge is 0.311 e. The van der Waals surface area contributed by atoms with Crippen LogP contribution in [0.2, 0.25) is 0 Å². The van der Waals surface area contributed by atoms with E-state index in [0.29, 0.717) is 23.6 Å². The number of aromatic nitrogens is 2. The molecule has 0 bridgehead atoms. The number of hydrogen-bond donors (Lipinski definition) is 1. The Balaban J connectivity index is 2.03. The molecule has 2 aromatic rings. The highest BCUT2D eigenvalue weighted by Crippen LogP contribution is 2.27. The lowest BCUT2D eigenvalue weighted by molar-refractivity contribution is -0.136. The first kappa shape index (κ1) is 15.7. The Bertz CT molecular complexity index is 735. The van der Waals surface area contributed by atoms with E-state index in [0.717, 1.165) is 31.7 Å². The van der Waals surface area contributed by atoms with Crippen LogP contribution in [0.1, 0.15) is 12.7 Å². The second-order valence-corrected chi connectivity index (χ2v) is 5.93. The second kappa shape index (κ2) is 6.16. The van der Waals surface area contributed by atoms with Gasteiger partial charge in [0.05, 0.1) is 16.7 Å². The van der Waals surface area contributed by atoms with Crippen LogP contribution in [-0.2, 0) is 17.8 Å². The van der Waals surface area contributed by atoms with Crippen molar-refractivity contribution in [3.8, 4) is 0 Å². The summed E-state index contributed by atoms with van der Waals surface area (Å²) in [6, 6.07) is 3.22. The quantitative estimate of drug-likeness (QED) is 0.927. The Hall–Kier alpha value is -2.15. The van der Waals surface area contributed by atoms with E-state index in [1.54, 1.807) is 6.07 Å². The van der Waals surface area contributed by atoms with Gasteiger partial charge in [0, 0.05) is 38.8 Å². The minimum atomic E-state index is -0.935. The van der Waals surface area contributed by atoms with Crippen molar-refractivity contribution in [1.29, 1.82) is 0 Å². The molecular formula is C16H21FN4O2. The van der Waals surface area contributed by atoms with Crippen LogP contribution in [0, 0.1) is 5.82 Å². The lowest BCUT2D eigenvalue weighted by Gasteiger charge is -2.34. The van der Waals surface area contributed by atoms with E-state index in [1.165, 1.54) is 6.07 Å². The monoisotopic (exact) mass is 320 g/mol. The molecule has 0 radical (unpaired) electrons. The van der Waals surface area contributed by atoms with Crippen molar-refractivity contribution >= 4 is 22.7 Å². The average Bonchev–Trinajstić information content (AvgIpc) is 2.82. The number of carbonyl (C=O) groups is 1. The number of hydrogen-bond acceptors (Lipinski definition) is 4. The number of anilines is 1. The number of carboxylic acids is 1. The molecule has 1 aromatic heterocycles. The summed E-state index contributed by atoms with van der Waals surface area (Å²) in [4.78, 5) is 19.5. The summed E-state index contributed by atoms with van der Waals surface area (Å²) < 4.78 is 16.3. The lowest BCUT2D eigenvalue weighted by atomic mass is 10.2. The number of carboxylic acid groups (broad SMARTS) is 1. The summed E-state index contributed by atoms with van der Waals surface area (Å²) in [7, 11) is 2.06. The number of imidazole rings is 1. The SMILES string of the molecule is CCn1c(CC(=O)O)nc2cc(F)c(N3CCN(C)CC3)cc21. The van der Waals surface area contributed by atoms with E-state index in [9.17, 15) is 9.18 Å². The number of nitrogens with zero attached hydrogens (tertiary/aromatic N) is 4. The lowest BCUT2D eigenvalue weighted by Crippen LogP contribution is -2.44. The van der Waals surface area contributed by atoms with Gasteiger partial charge in [0.2, 0.25) is 0 Å². The standard InChI is InChI=1S/C16H21FN4O2/c1-3-21-14-9-13(20-6-4-19(2)5-7-20)11(17)8-12(14)18-15(21)10-16(22)23/h8-9H,3-7,10H2,1-2H3,(H,22,23). The fraction of sp³-hybridized carbons (Fsp3) is 0.500. The summed E-state index contributed by atoms with van der Waals surface area (Å²) in [5, 5.41) is 9.01. The molecule has 0 atom stereocenters. The third-order valence-corrected chi connectivity index (χ3v) is 4.37. The maximum Gasteiger partial charge on any atom is 0.311 e. The Morgan fingerprint density at radius 3 is 2.61 bits per heavy atom. The van der Waals surface area contributed by atoms with E-state index < -0.39 is 5.97 Å². The minimum Gasteiger partial charge on any atom is -0.481 e. The van der Waals surface area contributed by atoms with Crippen LogP contribution in [0.3, 0.4) is 0 Å². The van der Waals surface area contributed by atoms with E-state index in [-0.39, 0.29) is 12.2 Å². The first-order valence-electron chi connectivity index (χ1n) is 7.83. The maximum atomic E-state index is 14.5. The average molecular weight is 320 g/mol. The third kappa shape index (κ3) is 3.01. The van der Waals surface area contributed by atoms with Crippen LogP contribution < -0.4 is 4.90 Å². The molecule has 1 aromatic carbocycles. The number of halogens is 1. The van der Waals surface area contributed by atoms with Crippen molar-refractivity contribution in [3.05, 3.63) is 23.8 Å². The molecule has 7 heteroatoms. The molecule has 3 rings (SSSR count). The van der Waals surface area contributed by atoms with Gasteiger partial charge in [-0.2, -0.15) is 0 Å². The maximum absolute atomic E-state index is 14.5. The van der Waals surface area contributed by atoms with Crippen molar-refractivity contribution in [2.45, 2.75) is 19.9 Å². The Kier molecular flexibility index (Phi) is 4.21. The molecule has 124 valence electrons. The summed E-state index contributed by atoms with van der Waals surface area (Å²) in [5.41, 5.74) is 1.87. The van der Waals surface area contributed by atoms with Crippen molar-refractivity contribution < 1.29 is 14.3 Å². The minimum absolute atomic E-state index is 0.159. The third-order valence-electron chi connectivity index (χ3n) is 4.37. The first-order valence-corrected chi connectivity index (χ1v) is 7.83. The summed E-state index contributed by atoms with van der Waals surface area (Å²) >= 11 is 0. The molecule has 23 heavy (non-hydrogen) atoms. The predicted molar refractivity (Wildman–Crippen MR) is 86.4 cm³/mol. The van der Waals surface area contributed by atoms with E-state index in [1.807, 2.05) is 16.4 Å². The molecule has 6 nitrogen and oxygen atoms in total. The van der Waals surface area contributed by atoms with E-state index in [4.69, 9.17) is 5.11 Å². The van der Waals surface area contributed by atoms with Crippen LogP contribution in [0.15, 0.2) is 12.1 Å². The molecule has 1 aliphatic rings. The zero-order valence-electron chi connectivity index (χ0n) is 13.4. The second-order valence-electron chi connectivity index (χ2n) is 5.93. The molecule has 0 saturated carbocycles. The molecule has 1 fully saturated rings. The molecule has 0 aliphatic carbocycles. The van der Waals surface area contributed by atoms with Crippen LogP contribution in [0.5, 0.6) is 0 Å². The van der Waals surface area contributed by atoms with Crippen molar-refractivity contribution in [1.82, 2.24) is 14.5 Å². The molecule has 0 amide bonds. The zero-order chi connectivity index (χ0) is 16.6. The predicted octanol–water partition coefficient (Wildman–Crippen LogP) is 1.57. The Labute approximate surface area is 134 Å². The summed E-state index contributed by atoms with van der Waals surface area (Å²) in [6.45, 7) is 5.89. The zero-order valence-corrected chi connectivity index (χ0v) is 13.4. The molecule has 2 heterocycles. The molecule has 1 saturated heterocycles. The van der Waals surface area contributed by atoms with Crippen molar-refractivity contribution in [3.63, 3.8) is 0 Å². The molecule has 1 aliphatic heterocycles. The molecule has 1 N–H and O–H groups in total. The van der Waals surface area contributed by atoms with Gasteiger partial charge in [-0.05, 0) is 20.0 Å². The highest BCUT2D eigenvalue weighted by molar-refractivity contribution is 5.82. The molecule has 0 spiro atoms. The van der Waals surface area contributed by atoms with Gasteiger partial charge < -0.3 is 19.5 Å². The first-order chi connectivity index (χ1) is 11.0. The van der Waals surface area contributed by atoms with Gasteiger partial charge >= 0.3 is 5.97 Å². The number of rotatable bonds is 4. The highest BCUT2D eigenvalue weighted by atomic mass is 19.1. The summed E-state index contributed by atoms with van der Waals surface area (Å²) in [5.74, 6) is -0.774. The Morgan fingerprint density at radius 2 is 2.00 bits per heavy atom. The van der Waals surface area contributed by atoms with Crippen molar-refractivity contribution in [2.75, 3.05) is 38.1 Å². The number of piperazine rings is 1. The number of likely N-dealkylation sites (N-methyl/N-ethyl adjacent to an activating group) is 1. The van der Waals surface area contributed by atoms with Gasteiger partial charge in [-0.25, -0.2) is 9.37 Å². The fourth-order valence-corrected chi connectivity index (χ4v) is 3.10. The van der Waals surface area contributed by atoms with Gasteiger partial charge in [-0.1, -0.05) is 0 Å². The normalized spacial score (nSPS) is 16.2. The number of fused-ring (bicyclic) bond motifs is 1. The van der Waals surface area contributed by atoms with E-state index in [2.05, 4.69) is 16.9 Å². The molecular weight excluding hydrogens is 299 g/mol. The van der Waals surface area contributed by atoms with Crippen LogP contribution >= 0.6 is 0 Å². The van der Waals surface area contributed by atoms with Gasteiger partial charge in [0.25, 0.3) is 0 Å². The largest absolute Gasteiger partial charge is 0.481 e. The van der Waals surface area contributed by atoms with Gasteiger partial charge in [0.1, 0.15) is 18.1 Å². The fourth-order valence-electron chi connectivity index (χ4n) is 3.10. The van der Waals surface area contributed by atoms with Gasteiger partial charge in [-0.15, -0.1) is 0 Å². The summed E-state index contributed by atoms with van der Waals surface area (Å²) in [6.07, 6.45) is -0.159. The van der Waals surface area contributed by atoms with E-state index >= 15 is 0 Å². The number of aryl methyl sites for hydroxylation is 1. The number of benzene rings is 1. The van der Waals surface area contributed by atoms with Crippen LogP contribution in [0.4, 0.5) is 10.1 Å². The molecule has 0 unspecified atom stereocenters.